The first kappa shape index (κ1) is 51.5. The van der Waals surface area contributed by atoms with Gasteiger partial charge in [-0.15, -0.1) is 0 Å². The van der Waals surface area contributed by atoms with Gasteiger partial charge in [0.2, 0.25) is 0 Å². The molecule has 88 heavy (non-hydrogen) atoms. The fourth-order valence-corrected chi connectivity index (χ4v) is 14.9. The first-order chi connectivity index (χ1) is 43.2. The summed E-state index contributed by atoms with van der Waals surface area (Å²) in [5.74, 6) is 0. The summed E-state index contributed by atoms with van der Waals surface area (Å²) >= 11 is 0. The first-order valence-corrected chi connectivity index (χ1v) is 30.7. The molecule has 4 heteroatoms. The summed E-state index contributed by atoms with van der Waals surface area (Å²) in [5, 5.41) is 4.97. The van der Waals surface area contributed by atoms with Crippen molar-refractivity contribution in [1.82, 2.24) is 9.13 Å². The number of para-hydroxylation sites is 4. The number of benzene rings is 13. The SMILES string of the molecule is CC1(C)c2ccccc2-c2ccc(N(c3ccc(-c4ccc5c(c4)c4ccccc4n5-c4ccccc4)cc3)c3ccc(N(c4ccc(-c5ccc6c(c5)c5ccccc5n6-c5ccccc5)cc4)c4ccc5c(c4)C(C)(C)c4ccccc4-5)cc3)cc21. The van der Waals surface area contributed by atoms with Crippen molar-refractivity contribution in [2.24, 2.45) is 0 Å². The van der Waals surface area contributed by atoms with Crippen molar-refractivity contribution in [3.8, 4) is 55.9 Å². The van der Waals surface area contributed by atoms with E-state index in [0.717, 1.165) is 45.5 Å². The van der Waals surface area contributed by atoms with Gasteiger partial charge >= 0.3 is 0 Å². The molecule has 0 spiro atoms. The molecule has 0 saturated carbocycles. The van der Waals surface area contributed by atoms with E-state index < -0.39 is 0 Å². The van der Waals surface area contributed by atoms with Crippen LogP contribution in [0, 0.1) is 0 Å². The molecule has 0 amide bonds. The quantitative estimate of drug-likeness (QED) is 0.136. The molecule has 0 bridgehead atoms. The molecule has 418 valence electrons. The Labute approximate surface area is 513 Å². The van der Waals surface area contributed by atoms with Crippen LogP contribution in [0.15, 0.2) is 303 Å². The summed E-state index contributed by atoms with van der Waals surface area (Å²) in [6.07, 6.45) is 0. The van der Waals surface area contributed by atoms with E-state index in [2.05, 4.69) is 350 Å². The number of hydrogen-bond donors (Lipinski definition) is 0. The molecule has 0 unspecified atom stereocenters. The zero-order valence-electron chi connectivity index (χ0n) is 49.7. The van der Waals surface area contributed by atoms with Crippen LogP contribution in [0.1, 0.15) is 49.9 Å². The molecule has 0 fully saturated rings. The van der Waals surface area contributed by atoms with Crippen LogP contribution >= 0.6 is 0 Å². The lowest BCUT2D eigenvalue weighted by atomic mass is 9.82. The Kier molecular flexibility index (Phi) is 11.6. The number of anilines is 6. The summed E-state index contributed by atoms with van der Waals surface area (Å²) in [5.41, 5.74) is 28.7. The number of hydrogen-bond acceptors (Lipinski definition) is 2. The van der Waals surface area contributed by atoms with Gasteiger partial charge in [-0.1, -0.05) is 198 Å². The van der Waals surface area contributed by atoms with Gasteiger partial charge in [0, 0.05) is 77.9 Å². The first-order valence-electron chi connectivity index (χ1n) is 30.7. The van der Waals surface area contributed by atoms with Crippen LogP contribution in [0.3, 0.4) is 0 Å². The Morgan fingerprint density at radius 2 is 0.534 bits per heavy atom. The highest BCUT2D eigenvalue weighted by Gasteiger charge is 2.37. The molecule has 0 N–H and O–H groups in total. The smallest absolute Gasteiger partial charge is 0.0541 e. The molecular formula is C84H62N4. The Balaban J connectivity index is 0.772. The number of fused-ring (bicyclic) bond motifs is 12. The average Bonchev–Trinajstić information content (AvgIpc) is 1.91. The van der Waals surface area contributed by atoms with Crippen molar-refractivity contribution >= 4 is 77.7 Å². The van der Waals surface area contributed by atoms with Gasteiger partial charge in [0.05, 0.1) is 22.1 Å². The standard InChI is InChI=1S/C84H62N4/c1-83(2)75-27-15-11-23-67(75)69-47-45-65(53-77(69)83)85(61-37-31-55(32-38-61)57-35-49-81-73(51-57)71-25-13-17-29-79(71)87(81)59-19-7-5-8-20-59)63-41-43-64(44-42-63)86(66-46-48-70-68-24-12-16-28-76(68)84(3,4)78(70)54-66)62-39-33-56(34-40-62)58-36-50-82-74(52-58)72-26-14-18-30-80(72)88(82)60-21-9-6-10-22-60/h5-54H,1-4H3. The summed E-state index contributed by atoms with van der Waals surface area (Å²) in [6.45, 7) is 9.48. The molecular weight excluding hydrogens is 1060 g/mol. The van der Waals surface area contributed by atoms with E-state index in [1.807, 2.05) is 0 Å². The van der Waals surface area contributed by atoms with Crippen molar-refractivity contribution in [3.05, 3.63) is 326 Å². The van der Waals surface area contributed by atoms with Gasteiger partial charge in [0.1, 0.15) is 0 Å². The van der Waals surface area contributed by atoms with E-state index >= 15 is 0 Å². The highest BCUT2D eigenvalue weighted by atomic mass is 15.2. The van der Waals surface area contributed by atoms with Gasteiger partial charge in [-0.25, -0.2) is 0 Å². The van der Waals surface area contributed by atoms with Crippen LogP contribution in [0.2, 0.25) is 0 Å². The number of nitrogens with zero attached hydrogens (tertiary/aromatic N) is 4. The predicted octanol–water partition coefficient (Wildman–Crippen LogP) is 22.8. The fraction of sp³-hybridized carbons (Fsp3) is 0.0714. The lowest BCUT2D eigenvalue weighted by Crippen LogP contribution is -2.17. The maximum absolute atomic E-state index is 2.44. The van der Waals surface area contributed by atoms with Gasteiger partial charge in [-0.3, -0.25) is 0 Å². The van der Waals surface area contributed by atoms with Crippen LogP contribution in [0.4, 0.5) is 34.1 Å². The van der Waals surface area contributed by atoms with Gasteiger partial charge in [-0.05, 0) is 200 Å². The van der Waals surface area contributed by atoms with E-state index in [1.165, 1.54) is 110 Å². The highest BCUT2D eigenvalue weighted by molar-refractivity contribution is 6.12. The zero-order chi connectivity index (χ0) is 58.8. The predicted molar refractivity (Wildman–Crippen MR) is 370 cm³/mol. The van der Waals surface area contributed by atoms with Crippen LogP contribution in [0.25, 0.3) is 99.5 Å². The van der Waals surface area contributed by atoms with Gasteiger partial charge in [-0.2, -0.15) is 0 Å². The lowest BCUT2D eigenvalue weighted by Gasteiger charge is -2.30. The largest absolute Gasteiger partial charge is 0.310 e. The van der Waals surface area contributed by atoms with E-state index in [0.29, 0.717) is 0 Å². The number of aromatic nitrogens is 2. The van der Waals surface area contributed by atoms with Crippen molar-refractivity contribution in [1.29, 1.82) is 0 Å². The number of rotatable bonds is 10. The second kappa shape index (κ2) is 19.8. The molecule has 0 radical (unpaired) electrons. The van der Waals surface area contributed by atoms with Crippen molar-refractivity contribution < 1.29 is 0 Å². The van der Waals surface area contributed by atoms with E-state index in [1.54, 1.807) is 0 Å². The Morgan fingerprint density at radius 3 is 0.943 bits per heavy atom. The third-order valence-corrected chi connectivity index (χ3v) is 19.3. The van der Waals surface area contributed by atoms with Crippen LogP contribution in [-0.4, -0.2) is 9.13 Å². The monoisotopic (exact) mass is 1130 g/mol. The van der Waals surface area contributed by atoms with E-state index in [-0.39, 0.29) is 10.8 Å². The zero-order valence-corrected chi connectivity index (χ0v) is 49.7. The lowest BCUT2D eigenvalue weighted by molar-refractivity contribution is 0.660. The van der Waals surface area contributed by atoms with Crippen molar-refractivity contribution in [2.45, 2.75) is 38.5 Å². The molecule has 0 saturated heterocycles. The molecule has 0 aliphatic heterocycles. The summed E-state index contributed by atoms with van der Waals surface area (Å²) in [6, 6.07) is 112. The third kappa shape index (κ3) is 7.99. The Bertz CT molecular complexity index is 4910. The van der Waals surface area contributed by atoms with Crippen LogP contribution in [-0.2, 0) is 10.8 Å². The molecule has 2 aliphatic carbocycles. The maximum Gasteiger partial charge on any atom is 0.0541 e. The fourth-order valence-electron chi connectivity index (χ4n) is 14.9. The topological polar surface area (TPSA) is 16.3 Å². The molecule has 2 aliphatic rings. The van der Waals surface area contributed by atoms with E-state index in [9.17, 15) is 0 Å². The Hall–Kier alpha value is -10.9. The van der Waals surface area contributed by atoms with E-state index in [4.69, 9.17) is 0 Å². The maximum atomic E-state index is 2.44. The van der Waals surface area contributed by atoms with Crippen LogP contribution < -0.4 is 9.80 Å². The summed E-state index contributed by atoms with van der Waals surface area (Å²) < 4.78 is 4.76. The second-order valence-electron chi connectivity index (χ2n) is 24.9. The van der Waals surface area contributed by atoms with Gasteiger partial charge in [0.25, 0.3) is 0 Å². The molecule has 0 atom stereocenters. The Morgan fingerprint density at radius 1 is 0.227 bits per heavy atom. The minimum absolute atomic E-state index is 0.166. The molecule has 2 aromatic heterocycles. The molecule has 15 aromatic rings. The average molecular weight is 1130 g/mol. The molecule has 2 heterocycles. The summed E-state index contributed by atoms with van der Waals surface area (Å²) in [4.78, 5) is 4.87. The molecule has 13 aromatic carbocycles. The molecule has 17 rings (SSSR count). The van der Waals surface area contributed by atoms with Crippen LogP contribution in [0.5, 0.6) is 0 Å². The summed E-state index contributed by atoms with van der Waals surface area (Å²) in [7, 11) is 0. The minimum Gasteiger partial charge on any atom is -0.310 e. The van der Waals surface area contributed by atoms with Gasteiger partial charge in [0.15, 0.2) is 0 Å². The highest BCUT2D eigenvalue weighted by Crippen LogP contribution is 2.53. The molecule has 4 nitrogen and oxygen atoms in total. The third-order valence-electron chi connectivity index (χ3n) is 19.3. The normalized spacial score (nSPS) is 13.4. The van der Waals surface area contributed by atoms with Crippen molar-refractivity contribution in [3.63, 3.8) is 0 Å². The van der Waals surface area contributed by atoms with Gasteiger partial charge < -0.3 is 18.9 Å². The van der Waals surface area contributed by atoms with Crippen molar-refractivity contribution in [2.75, 3.05) is 9.80 Å². The second-order valence-corrected chi connectivity index (χ2v) is 24.9. The minimum atomic E-state index is -0.166.